The van der Waals surface area contributed by atoms with E-state index < -0.39 is 22.7 Å². The number of carbonyl (C=O) groups excluding carboxylic acids is 2. The lowest BCUT2D eigenvalue weighted by Crippen LogP contribution is -2.70. The number of aliphatic hydroxyl groups excluding tert-OH is 2. The molecule has 77 heavy (non-hydrogen) atoms. The first-order chi connectivity index (χ1) is 37.7. The fourth-order valence-electron chi connectivity index (χ4n) is 12.1. The van der Waals surface area contributed by atoms with E-state index in [1.165, 1.54) is 44.2 Å². The molecule has 0 aromatic heterocycles. The number of non-ortho nitro benzene ring substituents is 1. The first kappa shape index (κ1) is 56.5. The van der Waals surface area contributed by atoms with E-state index in [9.17, 15) is 25.1 Å². The van der Waals surface area contributed by atoms with Crippen LogP contribution in [0, 0.1) is 27.9 Å². The monoisotopic (exact) mass is 1050 g/mol. The number of amides is 1. The van der Waals surface area contributed by atoms with Crippen LogP contribution in [0.1, 0.15) is 149 Å². The van der Waals surface area contributed by atoms with E-state index in [1.54, 1.807) is 36.4 Å². The van der Waals surface area contributed by atoms with Crippen LogP contribution in [0.2, 0.25) is 0 Å². The van der Waals surface area contributed by atoms with E-state index in [2.05, 4.69) is 43.8 Å². The number of hydrogen-bond donors (Lipinski definition) is 2. The molecule has 1 amide bonds. The Labute approximate surface area is 454 Å². The quantitative estimate of drug-likeness (QED) is 0.0143. The smallest absolute Gasteiger partial charge is 0.269 e. The molecule has 3 aliphatic rings. The molecule has 0 saturated heterocycles. The molecule has 2 aliphatic carbocycles. The minimum Gasteiger partial charge on any atom is -0.459 e. The number of hydrogen-bond acceptors (Lipinski definition) is 11. The molecule has 5 aromatic carbocycles. The molecule has 0 radical (unpaired) electrons. The van der Waals surface area contributed by atoms with Crippen LogP contribution in [0.3, 0.4) is 0 Å². The van der Waals surface area contributed by atoms with Gasteiger partial charge in [-0.3, -0.25) is 19.7 Å². The molecule has 1 fully saturated rings. The number of ether oxygens (including phenoxy) is 3. The minimum absolute atomic E-state index is 0.00937. The number of oxime groups is 1. The third-order valence-corrected chi connectivity index (χ3v) is 15.8. The molecule has 2 N–H and O–H groups in total. The van der Waals surface area contributed by atoms with E-state index in [-0.39, 0.29) is 68.7 Å². The Morgan fingerprint density at radius 3 is 2.30 bits per heavy atom. The maximum atomic E-state index is 15.6. The van der Waals surface area contributed by atoms with Crippen molar-refractivity contribution in [1.82, 2.24) is 4.90 Å². The summed E-state index contributed by atoms with van der Waals surface area (Å²) >= 11 is 0. The molecule has 0 bridgehead atoms. The highest BCUT2D eigenvalue weighted by Crippen LogP contribution is 2.62. The first-order valence-electron chi connectivity index (χ1n) is 28.1. The van der Waals surface area contributed by atoms with E-state index >= 15 is 4.79 Å². The normalized spacial score (nSPS) is 20.8. The number of carbonyl (C=O) groups is 2. The van der Waals surface area contributed by atoms with Crippen molar-refractivity contribution in [1.29, 1.82) is 0 Å². The van der Waals surface area contributed by atoms with Crippen molar-refractivity contribution >= 4 is 34.4 Å². The van der Waals surface area contributed by atoms with Crippen LogP contribution in [0.4, 0.5) is 5.69 Å². The summed E-state index contributed by atoms with van der Waals surface area (Å²) in [6.45, 7) is 6.90. The van der Waals surface area contributed by atoms with E-state index in [4.69, 9.17) is 24.2 Å². The summed E-state index contributed by atoms with van der Waals surface area (Å²) in [5.41, 5.74) is 4.59. The van der Waals surface area contributed by atoms with Gasteiger partial charge in [0, 0.05) is 61.8 Å². The largest absolute Gasteiger partial charge is 0.459 e. The summed E-state index contributed by atoms with van der Waals surface area (Å²) in [7, 11) is 0. The number of nitro benzene ring substituents is 1. The van der Waals surface area contributed by atoms with Crippen molar-refractivity contribution in [3.63, 3.8) is 0 Å². The van der Waals surface area contributed by atoms with Crippen LogP contribution in [-0.4, -0.2) is 69.6 Å². The highest BCUT2D eigenvalue weighted by atomic mass is 16.7. The molecule has 1 heterocycles. The maximum absolute atomic E-state index is 15.6. The molecule has 8 rings (SSSR count). The molecular weight excluding hydrogens is 971 g/mol. The lowest BCUT2D eigenvalue weighted by atomic mass is 9.55. The summed E-state index contributed by atoms with van der Waals surface area (Å²) < 4.78 is 21.5. The molecule has 5 aromatic rings. The lowest BCUT2D eigenvalue weighted by molar-refractivity contribution is -0.384. The third kappa shape index (κ3) is 13.9. The molecular formula is C64H77N3O10. The van der Waals surface area contributed by atoms with Gasteiger partial charge in [0.1, 0.15) is 36.2 Å². The topological polar surface area (TPSA) is 170 Å². The summed E-state index contributed by atoms with van der Waals surface area (Å²) in [4.78, 5) is 46.9. The fraction of sp³-hybridized carbons (Fsp3) is 0.453. The average molecular weight is 1050 g/mol. The average Bonchev–Trinajstić information content (AvgIpc) is 3.64. The summed E-state index contributed by atoms with van der Waals surface area (Å²) in [5.74, 6) is -0.746. The number of benzene rings is 5. The first-order valence-corrected chi connectivity index (χ1v) is 28.1. The summed E-state index contributed by atoms with van der Waals surface area (Å²) in [6, 6.07) is 32.8. The van der Waals surface area contributed by atoms with Crippen LogP contribution in [0.5, 0.6) is 17.2 Å². The van der Waals surface area contributed by atoms with Crippen molar-refractivity contribution in [2.24, 2.45) is 22.9 Å². The maximum Gasteiger partial charge on any atom is 0.269 e. The SMILES string of the molecule is C=CCO[C@@]12Oc3ccc(Oc4cccc(C=O)c4)cc3[C@H]3[C@H](CCCCO)[C@@H](CCCCO)C=C(C(=NOCc4ccc([N+](=O)[O-])cc4)C[C@@H]1N(Cc1cccc4ccccc14)C(=O)CCCCCCCCCCC)[C@H]32. The van der Waals surface area contributed by atoms with Crippen molar-refractivity contribution < 1.29 is 43.8 Å². The second-order valence-corrected chi connectivity index (χ2v) is 21.0. The number of rotatable bonds is 31. The zero-order valence-corrected chi connectivity index (χ0v) is 44.8. The molecule has 1 saturated carbocycles. The van der Waals surface area contributed by atoms with Crippen molar-refractivity contribution in [2.75, 3.05) is 19.8 Å². The number of allylic oxidation sites excluding steroid dienone is 1. The molecule has 13 nitrogen and oxygen atoms in total. The second-order valence-electron chi connectivity index (χ2n) is 21.0. The molecule has 408 valence electrons. The standard InChI is InChI=1S/C64H77N3O10/c1-3-5-6-7-8-9-10-11-12-29-61(71)66(43-50-25-20-24-48-22-13-14-27-54(48)50)60-42-58(65-75-45-46-30-32-51(33-31-46)67(72)73)56-40-49(23-15-17-36-68)55(28-16-18-37-69)62-57-41-53(76-52-26-19-21-47(39-52)44-70)34-35-59(57)77-64(60,63(56)62)74-38-4-2/h4,13-14,19-22,24-27,30-35,39-41,44,49,55,60,62-63,68-69H,2-3,5-12,15-18,23,28-29,36-38,42-43,45H2,1H3/t49-,55+,60-,62+,63+,64+/m0/s1. The van der Waals surface area contributed by atoms with Gasteiger partial charge in [-0.25, -0.2) is 0 Å². The Morgan fingerprint density at radius 1 is 0.844 bits per heavy atom. The Bertz CT molecular complexity index is 2820. The van der Waals surface area contributed by atoms with Gasteiger partial charge in [-0.05, 0) is 114 Å². The third-order valence-electron chi connectivity index (χ3n) is 15.8. The zero-order chi connectivity index (χ0) is 54.0. The fourth-order valence-corrected chi connectivity index (χ4v) is 12.1. The predicted molar refractivity (Wildman–Crippen MR) is 301 cm³/mol. The number of aldehydes is 1. The van der Waals surface area contributed by atoms with Gasteiger partial charge in [0.05, 0.1) is 23.2 Å². The van der Waals surface area contributed by atoms with Crippen molar-refractivity contribution in [3.05, 3.63) is 166 Å². The van der Waals surface area contributed by atoms with Gasteiger partial charge in [-0.2, -0.15) is 0 Å². The molecule has 1 aliphatic heterocycles. The molecule has 0 unspecified atom stereocenters. The Kier molecular flexibility index (Phi) is 20.6. The van der Waals surface area contributed by atoms with Crippen LogP contribution in [0.25, 0.3) is 10.8 Å². The predicted octanol–water partition coefficient (Wildman–Crippen LogP) is 14.1. The molecule has 13 heteroatoms. The number of nitro groups is 1. The number of aliphatic hydroxyl groups is 2. The lowest BCUT2D eigenvalue weighted by Gasteiger charge is -2.60. The van der Waals surface area contributed by atoms with Gasteiger partial charge in [0.25, 0.3) is 5.69 Å². The van der Waals surface area contributed by atoms with E-state index in [0.717, 1.165) is 85.1 Å². The van der Waals surface area contributed by atoms with Crippen molar-refractivity contribution in [3.8, 4) is 17.2 Å². The highest BCUT2D eigenvalue weighted by molar-refractivity contribution is 6.03. The van der Waals surface area contributed by atoms with Crippen LogP contribution in [0.15, 0.2) is 139 Å². The highest BCUT2D eigenvalue weighted by Gasteiger charge is 2.65. The Balaban J connectivity index is 1.30. The summed E-state index contributed by atoms with van der Waals surface area (Å²) in [6.07, 6.45) is 19.7. The second kappa shape index (κ2) is 28.1. The van der Waals surface area contributed by atoms with Gasteiger partial charge in [-0.15, -0.1) is 6.58 Å². The Morgan fingerprint density at radius 2 is 1.56 bits per heavy atom. The molecule has 6 atom stereocenters. The van der Waals surface area contributed by atoms with Crippen LogP contribution in [-0.2, 0) is 27.5 Å². The van der Waals surface area contributed by atoms with Gasteiger partial charge in [0.2, 0.25) is 11.7 Å². The van der Waals surface area contributed by atoms with Gasteiger partial charge < -0.3 is 34.2 Å². The van der Waals surface area contributed by atoms with Crippen LogP contribution < -0.4 is 9.47 Å². The van der Waals surface area contributed by atoms with Gasteiger partial charge in [-0.1, -0.05) is 143 Å². The van der Waals surface area contributed by atoms with Crippen LogP contribution >= 0.6 is 0 Å². The minimum atomic E-state index is -1.49. The number of fused-ring (bicyclic) bond motifs is 3. The van der Waals surface area contributed by atoms with E-state index in [1.807, 2.05) is 47.4 Å². The van der Waals surface area contributed by atoms with E-state index in [0.29, 0.717) is 53.3 Å². The summed E-state index contributed by atoms with van der Waals surface area (Å²) in [5, 5.41) is 39.0. The Hall–Kier alpha value is -6.67. The molecule has 0 spiro atoms. The zero-order valence-electron chi connectivity index (χ0n) is 44.8. The van der Waals surface area contributed by atoms with Gasteiger partial charge in [0.15, 0.2) is 0 Å². The number of nitrogens with zero attached hydrogens (tertiary/aromatic N) is 3. The number of unbranched alkanes of at least 4 members (excludes halogenated alkanes) is 10. The van der Waals surface area contributed by atoms with Crippen molar-refractivity contribution in [2.45, 2.75) is 147 Å². The van der Waals surface area contributed by atoms with Gasteiger partial charge >= 0.3 is 0 Å².